The molecule has 0 aliphatic rings. The van der Waals surface area contributed by atoms with Gasteiger partial charge < -0.3 is 25.2 Å². The number of hydrogen-bond donors (Lipinski definition) is 3. The Morgan fingerprint density at radius 2 is 1.89 bits per heavy atom. The van der Waals surface area contributed by atoms with Crippen LogP contribution >= 0.6 is 0 Å². The third-order valence-corrected chi connectivity index (χ3v) is 3.60. The number of carbonyl (C=O) groups is 3. The molecular formula is C18H23N3O6. The van der Waals surface area contributed by atoms with Crippen molar-refractivity contribution in [2.75, 3.05) is 7.11 Å². The van der Waals surface area contributed by atoms with E-state index < -0.39 is 36.2 Å². The second-order valence-corrected chi connectivity index (χ2v) is 5.71. The fourth-order valence-corrected chi connectivity index (χ4v) is 2.16. The number of rotatable bonds is 9. The number of esters is 1. The van der Waals surface area contributed by atoms with Gasteiger partial charge in [-0.05, 0) is 18.9 Å². The molecule has 0 saturated carbocycles. The maximum Gasteiger partial charge on any atom is 0.408 e. The van der Waals surface area contributed by atoms with Crippen LogP contribution in [0.1, 0.15) is 25.3 Å². The van der Waals surface area contributed by atoms with Crippen molar-refractivity contribution in [2.45, 2.75) is 44.6 Å². The zero-order valence-electron chi connectivity index (χ0n) is 15.2. The molecule has 0 unspecified atom stereocenters. The Labute approximate surface area is 157 Å². The van der Waals surface area contributed by atoms with Crippen LogP contribution in [0.4, 0.5) is 4.79 Å². The third kappa shape index (κ3) is 7.75. The number of aliphatic hydroxyl groups excluding tert-OH is 1. The van der Waals surface area contributed by atoms with E-state index in [-0.39, 0.29) is 19.4 Å². The molecular weight excluding hydrogens is 354 g/mol. The van der Waals surface area contributed by atoms with Crippen molar-refractivity contribution in [1.82, 2.24) is 10.6 Å². The standard InChI is InChI=1S/C18H23N3O6/c1-12(22)15(16(23)20-14(9-6-10-19)17(24)26-2)21-18(25)27-11-13-7-4-3-5-8-13/h3-5,7-8,12,14-15,22H,6,9,11H2,1-2H3,(H,20,23)(H,21,25)/t12-,14+,15+/m1/s1. The summed E-state index contributed by atoms with van der Waals surface area (Å²) in [6.07, 6.45) is -2.08. The second kappa shape index (κ2) is 11.5. The summed E-state index contributed by atoms with van der Waals surface area (Å²) in [5.41, 5.74) is 0.757. The van der Waals surface area contributed by atoms with Crippen LogP contribution < -0.4 is 10.6 Å². The third-order valence-electron chi connectivity index (χ3n) is 3.60. The molecule has 0 heterocycles. The molecule has 27 heavy (non-hydrogen) atoms. The van der Waals surface area contributed by atoms with Gasteiger partial charge >= 0.3 is 12.1 Å². The Kier molecular flexibility index (Phi) is 9.33. The number of nitrogens with zero attached hydrogens (tertiary/aromatic N) is 1. The summed E-state index contributed by atoms with van der Waals surface area (Å²) in [6, 6.07) is 8.39. The van der Waals surface area contributed by atoms with Crippen LogP contribution in [-0.2, 0) is 25.7 Å². The number of hydrogen-bond acceptors (Lipinski definition) is 7. The molecule has 2 amide bonds. The van der Waals surface area contributed by atoms with Gasteiger partial charge in [-0.3, -0.25) is 4.79 Å². The normalized spacial score (nSPS) is 13.4. The molecule has 0 bridgehead atoms. The number of nitrogens with one attached hydrogen (secondary N) is 2. The van der Waals surface area contributed by atoms with E-state index in [2.05, 4.69) is 15.4 Å². The summed E-state index contributed by atoms with van der Waals surface area (Å²) >= 11 is 0. The van der Waals surface area contributed by atoms with Crippen LogP contribution in [0.2, 0.25) is 0 Å². The Bertz CT molecular complexity index is 671. The molecule has 0 aromatic heterocycles. The fraction of sp³-hybridized carbons (Fsp3) is 0.444. The van der Waals surface area contributed by atoms with Crippen molar-refractivity contribution in [3.63, 3.8) is 0 Å². The first-order valence-corrected chi connectivity index (χ1v) is 8.29. The average Bonchev–Trinajstić information content (AvgIpc) is 2.67. The minimum atomic E-state index is -1.34. The average molecular weight is 377 g/mol. The van der Waals surface area contributed by atoms with Gasteiger partial charge in [0.2, 0.25) is 5.91 Å². The van der Waals surface area contributed by atoms with Gasteiger partial charge in [0.05, 0.1) is 19.3 Å². The molecule has 3 atom stereocenters. The molecule has 146 valence electrons. The Hall–Kier alpha value is -3.12. The first kappa shape index (κ1) is 21.9. The monoisotopic (exact) mass is 377 g/mol. The van der Waals surface area contributed by atoms with Gasteiger partial charge in [-0.1, -0.05) is 30.3 Å². The van der Waals surface area contributed by atoms with Crippen LogP contribution in [0, 0.1) is 11.3 Å². The van der Waals surface area contributed by atoms with E-state index in [1.165, 1.54) is 6.92 Å². The molecule has 0 spiro atoms. The van der Waals surface area contributed by atoms with Crippen molar-refractivity contribution in [3.8, 4) is 6.07 Å². The van der Waals surface area contributed by atoms with Crippen molar-refractivity contribution in [3.05, 3.63) is 35.9 Å². The fourth-order valence-electron chi connectivity index (χ4n) is 2.16. The SMILES string of the molecule is COC(=O)[C@H](CCC#N)NC(=O)[C@@H](NC(=O)OCc1ccccc1)[C@@H](C)O. The number of ether oxygens (including phenoxy) is 2. The highest BCUT2D eigenvalue weighted by Crippen LogP contribution is 2.04. The quantitative estimate of drug-likeness (QED) is 0.536. The van der Waals surface area contributed by atoms with E-state index in [0.29, 0.717) is 0 Å². The zero-order chi connectivity index (χ0) is 20.2. The highest BCUT2D eigenvalue weighted by Gasteiger charge is 2.30. The molecule has 0 aliphatic heterocycles. The first-order chi connectivity index (χ1) is 12.9. The van der Waals surface area contributed by atoms with Crippen molar-refractivity contribution in [2.24, 2.45) is 0 Å². The van der Waals surface area contributed by atoms with Gasteiger partial charge in [-0.2, -0.15) is 5.26 Å². The molecule has 3 N–H and O–H groups in total. The lowest BCUT2D eigenvalue weighted by atomic mass is 10.1. The largest absolute Gasteiger partial charge is 0.467 e. The lowest BCUT2D eigenvalue weighted by Crippen LogP contribution is -2.55. The first-order valence-electron chi connectivity index (χ1n) is 8.29. The zero-order valence-corrected chi connectivity index (χ0v) is 15.2. The number of carbonyl (C=O) groups excluding carboxylic acids is 3. The molecule has 0 saturated heterocycles. The minimum absolute atomic E-state index is 0.00617. The number of benzene rings is 1. The van der Waals surface area contributed by atoms with Crippen LogP contribution in [0.15, 0.2) is 30.3 Å². The molecule has 0 fully saturated rings. The molecule has 9 heteroatoms. The smallest absolute Gasteiger partial charge is 0.408 e. The maximum absolute atomic E-state index is 12.4. The van der Waals surface area contributed by atoms with E-state index in [1.54, 1.807) is 24.3 Å². The van der Waals surface area contributed by atoms with Crippen LogP contribution in [-0.4, -0.2) is 48.4 Å². The van der Waals surface area contributed by atoms with Crippen LogP contribution in [0.5, 0.6) is 0 Å². The van der Waals surface area contributed by atoms with E-state index >= 15 is 0 Å². The van der Waals surface area contributed by atoms with E-state index in [0.717, 1.165) is 12.7 Å². The number of aliphatic hydroxyl groups is 1. The summed E-state index contributed by atoms with van der Waals surface area (Å²) in [5, 5.41) is 23.1. The van der Waals surface area contributed by atoms with E-state index in [9.17, 15) is 19.5 Å². The van der Waals surface area contributed by atoms with Gasteiger partial charge in [0.25, 0.3) is 0 Å². The van der Waals surface area contributed by atoms with Crippen molar-refractivity contribution < 1.29 is 29.0 Å². The summed E-state index contributed by atoms with van der Waals surface area (Å²) in [5.74, 6) is -1.52. The Morgan fingerprint density at radius 1 is 1.22 bits per heavy atom. The summed E-state index contributed by atoms with van der Waals surface area (Å²) in [7, 11) is 1.15. The van der Waals surface area contributed by atoms with Crippen LogP contribution in [0.25, 0.3) is 0 Å². The van der Waals surface area contributed by atoms with Crippen molar-refractivity contribution in [1.29, 1.82) is 5.26 Å². The maximum atomic E-state index is 12.4. The highest BCUT2D eigenvalue weighted by molar-refractivity contribution is 5.90. The molecule has 0 aliphatic carbocycles. The number of nitriles is 1. The summed E-state index contributed by atoms with van der Waals surface area (Å²) in [4.78, 5) is 36.0. The number of methoxy groups -OCH3 is 1. The predicted molar refractivity (Wildman–Crippen MR) is 94.0 cm³/mol. The summed E-state index contributed by atoms with van der Waals surface area (Å²) < 4.78 is 9.60. The second-order valence-electron chi connectivity index (χ2n) is 5.71. The molecule has 0 radical (unpaired) electrons. The minimum Gasteiger partial charge on any atom is -0.467 e. The Morgan fingerprint density at radius 3 is 2.44 bits per heavy atom. The van der Waals surface area contributed by atoms with Gasteiger partial charge in [0.15, 0.2) is 0 Å². The van der Waals surface area contributed by atoms with Crippen molar-refractivity contribution >= 4 is 18.0 Å². The van der Waals surface area contributed by atoms with Gasteiger partial charge in [-0.15, -0.1) is 0 Å². The number of alkyl carbamates (subject to hydrolysis) is 1. The molecule has 1 aromatic carbocycles. The van der Waals surface area contributed by atoms with Crippen LogP contribution in [0.3, 0.4) is 0 Å². The van der Waals surface area contributed by atoms with Gasteiger partial charge in [0.1, 0.15) is 18.7 Å². The van der Waals surface area contributed by atoms with Gasteiger partial charge in [0, 0.05) is 6.42 Å². The highest BCUT2D eigenvalue weighted by atomic mass is 16.5. The lowest BCUT2D eigenvalue weighted by Gasteiger charge is -2.23. The molecule has 1 rings (SSSR count). The molecule has 1 aromatic rings. The lowest BCUT2D eigenvalue weighted by molar-refractivity contribution is -0.145. The number of amides is 2. The Balaban J connectivity index is 2.66. The predicted octanol–water partition coefficient (Wildman–Crippen LogP) is 0.624. The van der Waals surface area contributed by atoms with E-state index in [4.69, 9.17) is 10.00 Å². The van der Waals surface area contributed by atoms with E-state index in [1.807, 2.05) is 12.1 Å². The molecule has 9 nitrogen and oxygen atoms in total. The van der Waals surface area contributed by atoms with Gasteiger partial charge in [-0.25, -0.2) is 9.59 Å². The topological polar surface area (TPSA) is 138 Å². The summed E-state index contributed by atoms with van der Waals surface area (Å²) in [6.45, 7) is 1.30.